The van der Waals surface area contributed by atoms with Crippen molar-refractivity contribution in [3.63, 3.8) is 0 Å². The molecule has 3 heteroatoms. The Hall–Kier alpha value is -0.280. The first-order chi connectivity index (χ1) is 6.69. The highest BCUT2D eigenvalue weighted by Crippen LogP contribution is 2.24. The normalized spacial score (nSPS) is 13.5. The van der Waals surface area contributed by atoms with Crippen LogP contribution in [0.25, 0.3) is 0 Å². The minimum atomic E-state index is 0.268. The summed E-state index contributed by atoms with van der Waals surface area (Å²) in [5.41, 5.74) is 0. The molecule has 1 aromatic heterocycles. The first-order valence-corrected chi connectivity index (χ1v) is 5.97. The zero-order chi connectivity index (χ0) is 10.6. The van der Waals surface area contributed by atoms with E-state index in [4.69, 9.17) is 4.42 Å². The van der Waals surface area contributed by atoms with Crippen LogP contribution in [-0.2, 0) is 0 Å². The fourth-order valence-electron chi connectivity index (χ4n) is 1.57. The summed E-state index contributed by atoms with van der Waals surface area (Å²) in [6.45, 7) is 6.53. The summed E-state index contributed by atoms with van der Waals surface area (Å²) >= 11 is 3.47. The van der Waals surface area contributed by atoms with Crippen molar-refractivity contribution in [2.75, 3.05) is 0 Å². The van der Waals surface area contributed by atoms with E-state index in [1.165, 1.54) is 0 Å². The average molecular weight is 260 g/mol. The van der Waals surface area contributed by atoms with E-state index in [0.29, 0.717) is 6.04 Å². The minimum Gasteiger partial charge on any atom is -0.466 e. The molecule has 1 N–H and O–H groups in total. The molecule has 0 saturated carbocycles. The number of halogens is 1. The first kappa shape index (κ1) is 11.8. The quantitative estimate of drug-likeness (QED) is 0.869. The van der Waals surface area contributed by atoms with E-state index in [1.807, 2.05) is 6.07 Å². The van der Waals surface area contributed by atoms with E-state index in [2.05, 4.69) is 42.0 Å². The van der Waals surface area contributed by atoms with E-state index in [0.717, 1.165) is 23.1 Å². The standard InChI is InChI=1S/C11H18BrNO/c1-4-9(5-2)13-8(3)11-10(12)6-7-14-11/h6-9,13H,4-5H2,1-3H3. The lowest BCUT2D eigenvalue weighted by atomic mass is 10.1. The van der Waals surface area contributed by atoms with E-state index < -0.39 is 0 Å². The second-order valence-corrected chi connectivity index (χ2v) is 4.39. The summed E-state index contributed by atoms with van der Waals surface area (Å²) in [6.07, 6.45) is 4.02. The molecule has 1 aromatic rings. The molecule has 1 atom stereocenters. The molecule has 0 aliphatic carbocycles. The molecule has 2 nitrogen and oxygen atoms in total. The van der Waals surface area contributed by atoms with Crippen molar-refractivity contribution in [1.29, 1.82) is 0 Å². The van der Waals surface area contributed by atoms with Crippen molar-refractivity contribution in [3.8, 4) is 0 Å². The van der Waals surface area contributed by atoms with Crippen molar-refractivity contribution < 1.29 is 4.42 Å². The van der Waals surface area contributed by atoms with Gasteiger partial charge in [-0.15, -0.1) is 0 Å². The van der Waals surface area contributed by atoms with Crippen LogP contribution in [0.5, 0.6) is 0 Å². The van der Waals surface area contributed by atoms with Gasteiger partial charge in [0.25, 0.3) is 0 Å². The summed E-state index contributed by atoms with van der Waals surface area (Å²) in [6, 6.07) is 2.77. The molecule has 80 valence electrons. The fourth-order valence-corrected chi connectivity index (χ4v) is 2.11. The summed E-state index contributed by atoms with van der Waals surface area (Å²) in [5, 5.41) is 3.54. The van der Waals surface area contributed by atoms with Gasteiger partial charge in [-0.05, 0) is 41.8 Å². The number of hydrogen-bond donors (Lipinski definition) is 1. The van der Waals surface area contributed by atoms with E-state index in [-0.39, 0.29) is 6.04 Å². The van der Waals surface area contributed by atoms with Crippen LogP contribution in [0.3, 0.4) is 0 Å². The third-order valence-electron chi connectivity index (χ3n) is 2.51. The maximum absolute atomic E-state index is 5.41. The van der Waals surface area contributed by atoms with Gasteiger partial charge in [-0.1, -0.05) is 13.8 Å². The second-order valence-electron chi connectivity index (χ2n) is 3.53. The molecule has 1 heterocycles. The Bertz CT molecular complexity index is 268. The predicted octanol–water partition coefficient (Wildman–Crippen LogP) is 3.88. The Morgan fingerprint density at radius 3 is 2.50 bits per heavy atom. The molecule has 1 rings (SSSR count). The third kappa shape index (κ3) is 2.85. The van der Waals surface area contributed by atoms with E-state index >= 15 is 0 Å². The summed E-state index contributed by atoms with van der Waals surface area (Å²) < 4.78 is 6.45. The molecular weight excluding hydrogens is 242 g/mol. The van der Waals surface area contributed by atoms with Crippen LogP contribution in [0.4, 0.5) is 0 Å². The Kier molecular flexibility index (Phi) is 4.69. The Balaban J connectivity index is 2.58. The third-order valence-corrected chi connectivity index (χ3v) is 3.16. The van der Waals surface area contributed by atoms with Crippen molar-refractivity contribution >= 4 is 15.9 Å². The van der Waals surface area contributed by atoms with Gasteiger partial charge < -0.3 is 9.73 Å². The highest BCUT2D eigenvalue weighted by atomic mass is 79.9. The molecule has 0 radical (unpaired) electrons. The molecule has 0 aliphatic rings. The average Bonchev–Trinajstić information content (AvgIpc) is 2.60. The van der Waals surface area contributed by atoms with Gasteiger partial charge in [-0.25, -0.2) is 0 Å². The van der Waals surface area contributed by atoms with Gasteiger partial charge in [0, 0.05) is 6.04 Å². The van der Waals surface area contributed by atoms with Gasteiger partial charge in [0.1, 0.15) is 5.76 Å². The topological polar surface area (TPSA) is 25.2 Å². The maximum atomic E-state index is 5.41. The molecule has 0 amide bonds. The summed E-state index contributed by atoms with van der Waals surface area (Å²) in [5.74, 6) is 0.983. The highest BCUT2D eigenvalue weighted by molar-refractivity contribution is 9.10. The van der Waals surface area contributed by atoms with Crippen molar-refractivity contribution in [2.45, 2.75) is 45.7 Å². The monoisotopic (exact) mass is 259 g/mol. The molecule has 0 saturated heterocycles. The number of nitrogens with one attached hydrogen (secondary N) is 1. The number of rotatable bonds is 5. The zero-order valence-electron chi connectivity index (χ0n) is 9.01. The van der Waals surface area contributed by atoms with Gasteiger partial charge in [-0.3, -0.25) is 0 Å². The molecular formula is C11H18BrNO. The number of hydrogen-bond acceptors (Lipinski definition) is 2. The van der Waals surface area contributed by atoms with Gasteiger partial charge in [0.2, 0.25) is 0 Å². The lowest BCUT2D eigenvalue weighted by Gasteiger charge is -2.19. The van der Waals surface area contributed by atoms with Crippen LogP contribution < -0.4 is 5.32 Å². The largest absolute Gasteiger partial charge is 0.466 e. The second kappa shape index (κ2) is 5.56. The van der Waals surface area contributed by atoms with Crippen molar-refractivity contribution in [2.24, 2.45) is 0 Å². The molecule has 0 bridgehead atoms. The summed E-state index contributed by atoms with van der Waals surface area (Å²) in [7, 11) is 0. The Labute approximate surface area is 94.2 Å². The van der Waals surface area contributed by atoms with Gasteiger partial charge in [0.15, 0.2) is 0 Å². The van der Waals surface area contributed by atoms with Crippen LogP contribution in [0.2, 0.25) is 0 Å². The Morgan fingerprint density at radius 2 is 2.07 bits per heavy atom. The van der Waals surface area contributed by atoms with Gasteiger partial charge >= 0.3 is 0 Å². The maximum Gasteiger partial charge on any atom is 0.134 e. The molecule has 14 heavy (non-hydrogen) atoms. The minimum absolute atomic E-state index is 0.268. The van der Waals surface area contributed by atoms with E-state index in [9.17, 15) is 0 Å². The van der Waals surface area contributed by atoms with Crippen LogP contribution in [-0.4, -0.2) is 6.04 Å². The molecule has 0 aliphatic heterocycles. The van der Waals surface area contributed by atoms with Crippen LogP contribution in [0.1, 0.15) is 45.4 Å². The lowest BCUT2D eigenvalue weighted by Crippen LogP contribution is -2.30. The van der Waals surface area contributed by atoms with Gasteiger partial charge in [0.05, 0.1) is 16.8 Å². The van der Waals surface area contributed by atoms with Gasteiger partial charge in [-0.2, -0.15) is 0 Å². The van der Waals surface area contributed by atoms with Crippen LogP contribution >= 0.6 is 15.9 Å². The summed E-state index contributed by atoms with van der Waals surface area (Å²) in [4.78, 5) is 0. The van der Waals surface area contributed by atoms with Crippen molar-refractivity contribution in [1.82, 2.24) is 5.32 Å². The Morgan fingerprint density at radius 1 is 1.43 bits per heavy atom. The van der Waals surface area contributed by atoms with Crippen molar-refractivity contribution in [3.05, 3.63) is 22.6 Å². The first-order valence-electron chi connectivity index (χ1n) is 5.17. The molecule has 0 fully saturated rings. The smallest absolute Gasteiger partial charge is 0.134 e. The molecule has 0 spiro atoms. The highest BCUT2D eigenvalue weighted by Gasteiger charge is 2.15. The predicted molar refractivity (Wildman–Crippen MR) is 62.3 cm³/mol. The van der Waals surface area contributed by atoms with Crippen LogP contribution in [0, 0.1) is 0 Å². The van der Waals surface area contributed by atoms with Crippen LogP contribution in [0.15, 0.2) is 21.2 Å². The number of furan rings is 1. The lowest BCUT2D eigenvalue weighted by molar-refractivity contribution is 0.374. The van der Waals surface area contributed by atoms with E-state index in [1.54, 1.807) is 6.26 Å². The SMILES string of the molecule is CCC(CC)NC(C)c1occc1Br. The zero-order valence-corrected chi connectivity index (χ0v) is 10.6. The molecule has 0 aromatic carbocycles. The molecule has 1 unspecified atom stereocenters. The fraction of sp³-hybridized carbons (Fsp3) is 0.636.